The summed E-state index contributed by atoms with van der Waals surface area (Å²) >= 11 is 2.24. The van der Waals surface area contributed by atoms with Gasteiger partial charge < -0.3 is 15.8 Å². The van der Waals surface area contributed by atoms with Gasteiger partial charge in [0.2, 0.25) is 15.2 Å². The van der Waals surface area contributed by atoms with E-state index < -0.39 is 28.5 Å². The number of ether oxygens (including phenoxy) is 1. The van der Waals surface area contributed by atoms with Crippen molar-refractivity contribution in [3.8, 4) is 0 Å². The summed E-state index contributed by atoms with van der Waals surface area (Å²) in [6.45, 7) is -0.478. The highest BCUT2D eigenvalue weighted by atomic mass is 32.2. The van der Waals surface area contributed by atoms with Crippen molar-refractivity contribution in [3.63, 3.8) is 0 Å². The molecule has 13 heteroatoms. The Morgan fingerprint density at radius 1 is 1.24 bits per heavy atom. The molecule has 0 atom stereocenters. The molecule has 5 N–H and O–H groups in total. The van der Waals surface area contributed by atoms with Crippen molar-refractivity contribution in [2.75, 3.05) is 23.4 Å². The highest BCUT2D eigenvalue weighted by Crippen LogP contribution is 2.23. The number of esters is 1. The third-order valence-electron chi connectivity index (χ3n) is 2.57. The van der Waals surface area contributed by atoms with Gasteiger partial charge in [0, 0.05) is 5.69 Å². The zero-order valence-electron chi connectivity index (χ0n) is 12.5. The maximum absolute atomic E-state index is 11.7. The summed E-state index contributed by atoms with van der Waals surface area (Å²) in [5.41, 5.74) is 5.75. The second-order valence-electron chi connectivity index (χ2n) is 4.47. The van der Waals surface area contributed by atoms with Gasteiger partial charge in [-0.15, -0.1) is 10.2 Å². The van der Waals surface area contributed by atoms with Crippen LogP contribution in [-0.4, -0.2) is 42.9 Å². The van der Waals surface area contributed by atoms with Crippen molar-refractivity contribution in [2.45, 2.75) is 9.24 Å². The molecule has 0 saturated heterocycles. The van der Waals surface area contributed by atoms with E-state index in [9.17, 15) is 18.0 Å². The number of nitrogens with two attached hydrogens (primary N) is 2. The smallest absolute Gasteiger partial charge is 0.316 e. The van der Waals surface area contributed by atoms with Gasteiger partial charge in [0.05, 0.1) is 10.6 Å². The Morgan fingerprint density at radius 2 is 1.92 bits per heavy atom. The van der Waals surface area contributed by atoms with E-state index in [4.69, 9.17) is 15.6 Å². The number of sulfonamides is 1. The second kappa shape index (κ2) is 8.24. The molecule has 2 rings (SSSR count). The minimum atomic E-state index is -3.80. The van der Waals surface area contributed by atoms with Crippen LogP contribution in [0.15, 0.2) is 33.5 Å². The van der Waals surface area contributed by atoms with Crippen molar-refractivity contribution in [1.82, 2.24) is 10.2 Å². The number of nitrogens with one attached hydrogen (secondary N) is 1. The third kappa shape index (κ3) is 6.30. The number of nitrogen functional groups attached to an aromatic ring is 1. The highest BCUT2D eigenvalue weighted by molar-refractivity contribution is 8.01. The zero-order chi connectivity index (χ0) is 18.4. The van der Waals surface area contributed by atoms with Crippen molar-refractivity contribution in [1.29, 1.82) is 0 Å². The fourth-order valence-corrected chi connectivity index (χ4v) is 3.46. The van der Waals surface area contributed by atoms with Gasteiger partial charge in [-0.3, -0.25) is 9.59 Å². The molecule has 1 heterocycles. The standard InChI is InChI=1S/C12H13N5O5S3/c13-11-16-17-12(24-11)23-6-10(19)22-5-9(18)15-7-1-3-8(4-2-7)25(14,20)21/h1-4H,5-6H2,(H2,13,16)(H,15,18)(H2,14,20,21). The maximum atomic E-state index is 11.7. The first-order chi connectivity index (χ1) is 11.7. The van der Waals surface area contributed by atoms with Crippen LogP contribution in [0, 0.1) is 0 Å². The first-order valence-electron chi connectivity index (χ1n) is 6.54. The molecule has 25 heavy (non-hydrogen) atoms. The van der Waals surface area contributed by atoms with Crippen LogP contribution in [0.4, 0.5) is 10.8 Å². The summed E-state index contributed by atoms with van der Waals surface area (Å²) in [4.78, 5) is 23.2. The summed E-state index contributed by atoms with van der Waals surface area (Å²) in [6.07, 6.45) is 0. The topological polar surface area (TPSA) is 167 Å². The number of amides is 1. The van der Waals surface area contributed by atoms with Gasteiger partial charge >= 0.3 is 5.97 Å². The average Bonchev–Trinajstić information content (AvgIpc) is 2.96. The summed E-state index contributed by atoms with van der Waals surface area (Å²) < 4.78 is 27.6. The van der Waals surface area contributed by atoms with Gasteiger partial charge in [-0.1, -0.05) is 23.1 Å². The predicted octanol–water partition coefficient (Wildman–Crippen LogP) is 0.0417. The maximum Gasteiger partial charge on any atom is 0.316 e. The number of rotatable bonds is 7. The molecule has 0 aliphatic rings. The van der Waals surface area contributed by atoms with Crippen LogP contribution in [0.25, 0.3) is 0 Å². The Morgan fingerprint density at radius 3 is 2.48 bits per heavy atom. The van der Waals surface area contributed by atoms with E-state index in [0.29, 0.717) is 15.2 Å². The van der Waals surface area contributed by atoms with Gasteiger partial charge in [-0.2, -0.15) is 0 Å². The molecule has 1 aromatic heterocycles. The molecule has 0 fully saturated rings. The summed E-state index contributed by atoms with van der Waals surface area (Å²) in [5, 5.41) is 15.1. The molecule has 0 unspecified atom stereocenters. The van der Waals surface area contributed by atoms with Crippen molar-refractivity contribution in [2.24, 2.45) is 5.14 Å². The lowest BCUT2D eigenvalue weighted by molar-refractivity contribution is -0.144. The number of thioether (sulfide) groups is 1. The molecule has 134 valence electrons. The molecular formula is C12H13N5O5S3. The van der Waals surface area contributed by atoms with E-state index in [1.165, 1.54) is 24.3 Å². The van der Waals surface area contributed by atoms with Gasteiger partial charge in [0.1, 0.15) is 0 Å². The summed E-state index contributed by atoms with van der Waals surface area (Å²) in [5.74, 6) is -1.20. The summed E-state index contributed by atoms with van der Waals surface area (Å²) in [7, 11) is -3.80. The molecule has 0 aliphatic heterocycles. The number of carbonyl (C=O) groups is 2. The van der Waals surface area contributed by atoms with Gasteiger partial charge in [0.15, 0.2) is 10.9 Å². The Labute approximate surface area is 151 Å². The van der Waals surface area contributed by atoms with Crippen LogP contribution < -0.4 is 16.2 Å². The predicted molar refractivity (Wildman–Crippen MR) is 92.4 cm³/mol. The molecule has 0 radical (unpaired) electrons. The quantitative estimate of drug-likeness (QED) is 0.427. The Kier molecular flexibility index (Phi) is 6.30. The fraction of sp³-hybridized carbons (Fsp3) is 0.167. The molecular weight excluding hydrogens is 390 g/mol. The Hall–Kier alpha value is -2.22. The van der Waals surface area contributed by atoms with Crippen LogP contribution in [0.5, 0.6) is 0 Å². The van der Waals surface area contributed by atoms with Gasteiger partial charge in [-0.05, 0) is 24.3 Å². The average molecular weight is 403 g/mol. The van der Waals surface area contributed by atoms with Crippen LogP contribution in [0.3, 0.4) is 0 Å². The number of primary sulfonamides is 1. The highest BCUT2D eigenvalue weighted by Gasteiger charge is 2.11. The molecule has 0 saturated carbocycles. The van der Waals surface area contributed by atoms with Crippen LogP contribution in [0.1, 0.15) is 0 Å². The third-order valence-corrected chi connectivity index (χ3v) is 5.35. The zero-order valence-corrected chi connectivity index (χ0v) is 15.0. The number of nitrogens with zero attached hydrogens (tertiary/aromatic N) is 2. The van der Waals surface area contributed by atoms with Crippen LogP contribution >= 0.6 is 23.1 Å². The van der Waals surface area contributed by atoms with Gasteiger partial charge in [0.25, 0.3) is 5.91 Å². The lowest BCUT2D eigenvalue weighted by atomic mass is 10.3. The van der Waals surface area contributed by atoms with E-state index in [1.54, 1.807) is 0 Å². The largest absolute Gasteiger partial charge is 0.455 e. The number of hydrogen-bond donors (Lipinski definition) is 3. The first-order valence-corrected chi connectivity index (χ1v) is 9.89. The van der Waals surface area contributed by atoms with Crippen molar-refractivity contribution in [3.05, 3.63) is 24.3 Å². The molecule has 2 aromatic rings. The molecule has 1 aromatic carbocycles. The van der Waals surface area contributed by atoms with Crippen LogP contribution in [0.2, 0.25) is 0 Å². The molecule has 0 spiro atoms. The number of carbonyl (C=O) groups excluding carboxylic acids is 2. The monoisotopic (exact) mass is 403 g/mol. The normalized spacial score (nSPS) is 11.1. The van der Waals surface area contributed by atoms with E-state index in [0.717, 1.165) is 23.1 Å². The Balaban J connectivity index is 1.75. The first kappa shape index (κ1) is 19.1. The molecule has 0 aliphatic carbocycles. The lowest BCUT2D eigenvalue weighted by Gasteiger charge is -2.07. The second-order valence-corrected chi connectivity index (χ2v) is 8.27. The number of benzene rings is 1. The number of anilines is 2. The SMILES string of the molecule is Nc1nnc(SCC(=O)OCC(=O)Nc2ccc(S(N)(=O)=O)cc2)s1. The molecule has 10 nitrogen and oxygen atoms in total. The van der Waals surface area contributed by atoms with E-state index in [2.05, 4.69) is 15.5 Å². The van der Waals surface area contributed by atoms with Crippen molar-refractivity contribution < 1.29 is 22.7 Å². The molecule has 0 bridgehead atoms. The van der Waals surface area contributed by atoms with Crippen LogP contribution in [-0.2, 0) is 24.3 Å². The molecule has 1 amide bonds. The minimum absolute atomic E-state index is 0.0367. The number of hydrogen-bond acceptors (Lipinski definition) is 10. The Bertz CT molecular complexity index is 866. The minimum Gasteiger partial charge on any atom is -0.455 e. The van der Waals surface area contributed by atoms with E-state index in [1.807, 2.05) is 0 Å². The number of aromatic nitrogens is 2. The van der Waals surface area contributed by atoms with Crippen molar-refractivity contribution >= 4 is 55.8 Å². The van der Waals surface area contributed by atoms with Gasteiger partial charge in [-0.25, -0.2) is 13.6 Å². The van der Waals surface area contributed by atoms with E-state index >= 15 is 0 Å². The lowest BCUT2D eigenvalue weighted by Crippen LogP contribution is -2.21. The van der Waals surface area contributed by atoms with E-state index in [-0.39, 0.29) is 10.6 Å². The summed E-state index contributed by atoms with van der Waals surface area (Å²) in [6, 6.07) is 5.24. The fourth-order valence-electron chi connectivity index (χ4n) is 1.51.